The third kappa shape index (κ3) is 4.92. The summed E-state index contributed by atoms with van der Waals surface area (Å²) in [6.07, 6.45) is -4.59. The van der Waals surface area contributed by atoms with Crippen molar-refractivity contribution in [3.05, 3.63) is 65.2 Å². The van der Waals surface area contributed by atoms with Crippen LogP contribution in [0.2, 0.25) is 0 Å². The predicted molar refractivity (Wildman–Crippen MR) is 86.8 cm³/mol. The quantitative estimate of drug-likeness (QED) is 0.648. The summed E-state index contributed by atoms with van der Waals surface area (Å²) >= 11 is 0. The van der Waals surface area contributed by atoms with Crippen LogP contribution in [0.25, 0.3) is 0 Å². The fourth-order valence-electron chi connectivity index (χ4n) is 2.12. The molecule has 0 unspecified atom stereocenters. The van der Waals surface area contributed by atoms with E-state index in [2.05, 4.69) is 5.32 Å². The average Bonchev–Trinajstić information content (AvgIpc) is 2.59. The van der Waals surface area contributed by atoms with Gasteiger partial charge in [-0.3, -0.25) is 9.59 Å². The molecule has 0 aliphatic heterocycles. The zero-order chi connectivity index (χ0) is 19.3. The number of nitrogens with one attached hydrogen (secondary N) is 1. The van der Waals surface area contributed by atoms with Crippen LogP contribution in [0.3, 0.4) is 0 Å². The maximum atomic E-state index is 12.6. The van der Waals surface area contributed by atoms with Crippen molar-refractivity contribution in [2.45, 2.75) is 13.1 Å². The highest BCUT2D eigenvalue weighted by molar-refractivity contribution is 6.04. The molecule has 0 atom stereocenters. The summed E-state index contributed by atoms with van der Waals surface area (Å²) in [5, 5.41) is 2.42. The SMILES string of the molecule is CC(=O)c1ccccc1NC(=O)COC(=O)c1cccc(C(F)(F)F)c1. The Morgan fingerprint density at radius 2 is 1.73 bits per heavy atom. The van der Waals surface area contributed by atoms with Crippen LogP contribution in [0.15, 0.2) is 48.5 Å². The number of amides is 1. The van der Waals surface area contributed by atoms with Crippen molar-refractivity contribution in [3.8, 4) is 0 Å². The van der Waals surface area contributed by atoms with Crippen molar-refractivity contribution < 1.29 is 32.3 Å². The van der Waals surface area contributed by atoms with Gasteiger partial charge in [-0.05, 0) is 37.3 Å². The van der Waals surface area contributed by atoms with E-state index in [4.69, 9.17) is 4.74 Å². The van der Waals surface area contributed by atoms with Gasteiger partial charge in [0, 0.05) is 5.56 Å². The van der Waals surface area contributed by atoms with E-state index in [1.807, 2.05) is 0 Å². The molecule has 0 saturated carbocycles. The van der Waals surface area contributed by atoms with Gasteiger partial charge in [0.1, 0.15) is 0 Å². The summed E-state index contributed by atoms with van der Waals surface area (Å²) in [7, 11) is 0. The second-order valence-electron chi connectivity index (χ2n) is 5.30. The number of ether oxygens (including phenoxy) is 1. The summed E-state index contributed by atoms with van der Waals surface area (Å²) in [5.74, 6) is -2.05. The first-order valence-corrected chi connectivity index (χ1v) is 7.42. The number of hydrogen-bond acceptors (Lipinski definition) is 4. The molecule has 0 radical (unpaired) electrons. The molecule has 2 aromatic rings. The monoisotopic (exact) mass is 365 g/mol. The smallest absolute Gasteiger partial charge is 0.416 e. The van der Waals surface area contributed by atoms with Crippen molar-refractivity contribution >= 4 is 23.3 Å². The first-order valence-electron chi connectivity index (χ1n) is 7.42. The Morgan fingerprint density at radius 3 is 2.38 bits per heavy atom. The largest absolute Gasteiger partial charge is 0.452 e. The molecule has 0 saturated heterocycles. The molecule has 0 heterocycles. The summed E-state index contributed by atoms with van der Waals surface area (Å²) in [6, 6.07) is 9.95. The number of Topliss-reactive ketones (excluding diaryl/α,β-unsaturated/α-hetero) is 1. The van der Waals surface area contributed by atoms with Crippen LogP contribution in [-0.4, -0.2) is 24.3 Å². The number of alkyl halides is 3. The van der Waals surface area contributed by atoms with Crippen LogP contribution < -0.4 is 5.32 Å². The summed E-state index contributed by atoms with van der Waals surface area (Å²) in [6.45, 7) is 0.625. The molecular formula is C18H14F3NO4. The standard InChI is InChI=1S/C18H14F3NO4/c1-11(23)14-7-2-3-8-15(14)22-16(24)10-26-17(25)12-5-4-6-13(9-12)18(19,20)21/h2-9H,10H2,1H3,(H,22,24). The molecule has 0 aliphatic carbocycles. The number of hydrogen-bond donors (Lipinski definition) is 1. The third-order valence-electron chi connectivity index (χ3n) is 3.34. The van der Waals surface area contributed by atoms with Crippen molar-refractivity contribution in [3.63, 3.8) is 0 Å². The van der Waals surface area contributed by atoms with E-state index in [0.717, 1.165) is 18.2 Å². The van der Waals surface area contributed by atoms with E-state index in [1.165, 1.54) is 19.1 Å². The molecule has 8 heteroatoms. The Balaban J connectivity index is 2.00. The number of halogens is 3. The maximum Gasteiger partial charge on any atom is 0.416 e. The number of carbonyl (C=O) groups is 3. The maximum absolute atomic E-state index is 12.6. The first kappa shape index (κ1) is 19.2. The number of carbonyl (C=O) groups excluding carboxylic acids is 3. The van der Waals surface area contributed by atoms with Crippen LogP contribution in [0, 0.1) is 0 Å². The summed E-state index contributed by atoms with van der Waals surface area (Å²) < 4.78 is 42.7. The molecule has 1 amide bonds. The Labute approximate surface area is 146 Å². The molecule has 0 fully saturated rings. The topological polar surface area (TPSA) is 72.5 Å². The van der Waals surface area contributed by atoms with Gasteiger partial charge in [-0.25, -0.2) is 4.79 Å². The lowest BCUT2D eigenvalue weighted by atomic mass is 10.1. The van der Waals surface area contributed by atoms with Gasteiger partial charge >= 0.3 is 12.1 Å². The van der Waals surface area contributed by atoms with Crippen molar-refractivity contribution in [1.82, 2.24) is 0 Å². The lowest BCUT2D eigenvalue weighted by Crippen LogP contribution is -2.22. The van der Waals surface area contributed by atoms with E-state index in [9.17, 15) is 27.6 Å². The van der Waals surface area contributed by atoms with Gasteiger partial charge in [-0.2, -0.15) is 13.2 Å². The number of para-hydroxylation sites is 1. The minimum atomic E-state index is -4.59. The van der Waals surface area contributed by atoms with Crippen LogP contribution in [0.5, 0.6) is 0 Å². The average molecular weight is 365 g/mol. The van der Waals surface area contributed by atoms with Gasteiger partial charge in [0.05, 0.1) is 16.8 Å². The van der Waals surface area contributed by atoms with Crippen molar-refractivity contribution in [2.24, 2.45) is 0 Å². The second kappa shape index (κ2) is 7.81. The minimum Gasteiger partial charge on any atom is -0.452 e. The van der Waals surface area contributed by atoms with Crippen LogP contribution >= 0.6 is 0 Å². The highest BCUT2D eigenvalue weighted by Crippen LogP contribution is 2.29. The zero-order valence-corrected chi connectivity index (χ0v) is 13.6. The van der Waals surface area contributed by atoms with E-state index >= 15 is 0 Å². The Kier molecular flexibility index (Phi) is 5.76. The minimum absolute atomic E-state index is 0.250. The van der Waals surface area contributed by atoms with E-state index in [0.29, 0.717) is 6.07 Å². The van der Waals surface area contributed by atoms with Gasteiger partial charge in [0.2, 0.25) is 0 Å². The molecule has 0 bridgehead atoms. The van der Waals surface area contributed by atoms with Gasteiger partial charge in [0.25, 0.3) is 5.91 Å². The summed E-state index contributed by atoms with van der Waals surface area (Å²) in [4.78, 5) is 35.2. The van der Waals surface area contributed by atoms with Crippen LogP contribution in [-0.2, 0) is 15.7 Å². The molecule has 2 rings (SSSR count). The number of anilines is 1. The zero-order valence-electron chi connectivity index (χ0n) is 13.6. The number of rotatable bonds is 5. The molecule has 26 heavy (non-hydrogen) atoms. The van der Waals surface area contributed by atoms with Gasteiger partial charge in [-0.1, -0.05) is 18.2 Å². The third-order valence-corrected chi connectivity index (χ3v) is 3.34. The molecule has 0 aliphatic rings. The molecule has 1 N–H and O–H groups in total. The molecule has 0 spiro atoms. The van der Waals surface area contributed by atoms with Crippen molar-refractivity contribution in [2.75, 3.05) is 11.9 Å². The fourth-order valence-corrected chi connectivity index (χ4v) is 2.12. The normalized spacial score (nSPS) is 10.9. The predicted octanol–water partition coefficient (Wildman–Crippen LogP) is 3.70. The lowest BCUT2D eigenvalue weighted by molar-refractivity contribution is -0.137. The first-order chi connectivity index (χ1) is 12.2. The van der Waals surface area contributed by atoms with Crippen LogP contribution in [0.1, 0.15) is 33.2 Å². The Morgan fingerprint density at radius 1 is 1.04 bits per heavy atom. The molecule has 0 aromatic heterocycles. The Bertz CT molecular complexity index is 846. The summed E-state index contributed by atoms with van der Waals surface area (Å²) in [5.41, 5.74) is -0.784. The van der Waals surface area contributed by atoms with Gasteiger partial charge in [-0.15, -0.1) is 0 Å². The van der Waals surface area contributed by atoms with E-state index in [-0.39, 0.29) is 22.6 Å². The second-order valence-corrected chi connectivity index (χ2v) is 5.30. The molecule has 136 valence electrons. The highest BCUT2D eigenvalue weighted by Gasteiger charge is 2.31. The number of ketones is 1. The van der Waals surface area contributed by atoms with E-state index < -0.39 is 30.2 Å². The fraction of sp³-hybridized carbons (Fsp3) is 0.167. The van der Waals surface area contributed by atoms with Crippen LogP contribution in [0.4, 0.5) is 18.9 Å². The van der Waals surface area contributed by atoms with Gasteiger partial charge in [0.15, 0.2) is 12.4 Å². The van der Waals surface area contributed by atoms with E-state index in [1.54, 1.807) is 12.1 Å². The number of esters is 1. The van der Waals surface area contributed by atoms with Gasteiger partial charge < -0.3 is 10.1 Å². The highest BCUT2D eigenvalue weighted by atomic mass is 19.4. The molecular weight excluding hydrogens is 351 g/mol. The molecule has 5 nitrogen and oxygen atoms in total. The lowest BCUT2D eigenvalue weighted by Gasteiger charge is -2.10. The number of benzene rings is 2. The Hall–Kier alpha value is -3.16. The van der Waals surface area contributed by atoms with Crippen molar-refractivity contribution in [1.29, 1.82) is 0 Å². The molecule has 2 aromatic carbocycles.